The Hall–Kier alpha value is -1.18. The number of halogens is 2. The van der Waals surface area contributed by atoms with Gasteiger partial charge in [0.15, 0.2) is 0 Å². The summed E-state index contributed by atoms with van der Waals surface area (Å²) in [5, 5.41) is 2.97. The number of amides is 1. The molecule has 7 nitrogen and oxygen atoms in total. The number of carbonyl (C=O) groups is 1. The van der Waals surface area contributed by atoms with Crippen molar-refractivity contribution in [3.8, 4) is 0 Å². The van der Waals surface area contributed by atoms with Gasteiger partial charge in [-0.2, -0.15) is 15.0 Å². The van der Waals surface area contributed by atoms with E-state index in [0.717, 1.165) is 12.8 Å². The molecule has 1 aliphatic carbocycles. The van der Waals surface area contributed by atoms with Crippen LogP contribution in [0, 0.1) is 0 Å². The Morgan fingerprint density at radius 3 is 2.60 bits per heavy atom. The highest BCUT2D eigenvalue weighted by molar-refractivity contribution is 6.31. The standard InChI is InChI=1S/C11H13Cl2N5O2/c12-9-15-10(13)17-11(16-9)18-3-4-20-5-7(18)8(19)14-6-1-2-6/h6-7H,1-5H2,(H,14,19). The molecule has 2 heterocycles. The molecule has 2 aliphatic rings. The summed E-state index contributed by atoms with van der Waals surface area (Å²) in [6.45, 7) is 1.28. The quantitative estimate of drug-likeness (QED) is 0.882. The number of aromatic nitrogens is 3. The van der Waals surface area contributed by atoms with E-state index in [4.69, 9.17) is 27.9 Å². The zero-order valence-electron chi connectivity index (χ0n) is 10.6. The van der Waals surface area contributed by atoms with Gasteiger partial charge in [0.25, 0.3) is 0 Å². The molecule has 2 fully saturated rings. The topological polar surface area (TPSA) is 80.2 Å². The molecule has 108 valence electrons. The molecule has 1 aromatic rings. The molecule has 1 aromatic heterocycles. The van der Waals surface area contributed by atoms with Crippen LogP contribution < -0.4 is 10.2 Å². The lowest BCUT2D eigenvalue weighted by atomic mass is 10.2. The number of hydrogen-bond donors (Lipinski definition) is 1. The number of rotatable bonds is 3. The van der Waals surface area contributed by atoms with Crippen molar-refractivity contribution in [2.75, 3.05) is 24.7 Å². The lowest BCUT2D eigenvalue weighted by molar-refractivity contribution is -0.124. The molecular weight excluding hydrogens is 305 g/mol. The van der Waals surface area contributed by atoms with Crippen LogP contribution >= 0.6 is 23.2 Å². The zero-order valence-corrected chi connectivity index (χ0v) is 12.1. The highest BCUT2D eigenvalue weighted by Crippen LogP contribution is 2.22. The molecule has 0 radical (unpaired) electrons. The molecule has 20 heavy (non-hydrogen) atoms. The smallest absolute Gasteiger partial charge is 0.245 e. The second kappa shape index (κ2) is 5.67. The van der Waals surface area contributed by atoms with Crippen LogP contribution in [0.5, 0.6) is 0 Å². The molecule has 9 heteroatoms. The monoisotopic (exact) mass is 317 g/mol. The summed E-state index contributed by atoms with van der Waals surface area (Å²) in [7, 11) is 0. The van der Waals surface area contributed by atoms with Crippen molar-refractivity contribution in [2.45, 2.75) is 24.9 Å². The first-order chi connectivity index (χ1) is 9.63. The average molecular weight is 318 g/mol. The lowest BCUT2D eigenvalue weighted by Crippen LogP contribution is -2.55. The second-order valence-electron chi connectivity index (χ2n) is 4.74. The van der Waals surface area contributed by atoms with Gasteiger partial charge in [0.2, 0.25) is 22.4 Å². The molecule has 1 amide bonds. The van der Waals surface area contributed by atoms with Gasteiger partial charge in [0.1, 0.15) is 6.04 Å². The van der Waals surface area contributed by atoms with Crippen molar-refractivity contribution in [3.05, 3.63) is 10.6 Å². The fourth-order valence-electron chi connectivity index (χ4n) is 2.03. The van der Waals surface area contributed by atoms with Gasteiger partial charge < -0.3 is 15.0 Å². The Morgan fingerprint density at radius 1 is 1.25 bits per heavy atom. The third-order valence-electron chi connectivity index (χ3n) is 3.18. The molecule has 1 saturated carbocycles. The summed E-state index contributed by atoms with van der Waals surface area (Å²) in [6, 6.07) is -0.185. The number of carbonyl (C=O) groups excluding carboxylic acids is 1. The average Bonchev–Trinajstić information content (AvgIpc) is 3.21. The van der Waals surface area contributed by atoms with Crippen LogP contribution in [0.2, 0.25) is 10.6 Å². The van der Waals surface area contributed by atoms with Gasteiger partial charge in [-0.15, -0.1) is 0 Å². The third-order valence-corrected chi connectivity index (χ3v) is 3.52. The minimum absolute atomic E-state index is 0.00726. The van der Waals surface area contributed by atoms with E-state index in [9.17, 15) is 4.79 Å². The number of ether oxygens (including phenoxy) is 1. The Bertz CT molecular complexity index is 505. The molecule has 0 spiro atoms. The molecule has 0 aromatic carbocycles. The molecule has 1 atom stereocenters. The minimum Gasteiger partial charge on any atom is -0.377 e. The lowest BCUT2D eigenvalue weighted by Gasteiger charge is -2.34. The summed E-state index contributed by atoms with van der Waals surface area (Å²) in [5.74, 6) is 0.217. The number of hydrogen-bond acceptors (Lipinski definition) is 6. The first-order valence-electron chi connectivity index (χ1n) is 6.35. The van der Waals surface area contributed by atoms with Gasteiger partial charge >= 0.3 is 0 Å². The number of morpholine rings is 1. The third kappa shape index (κ3) is 3.11. The Morgan fingerprint density at radius 2 is 1.95 bits per heavy atom. The van der Waals surface area contributed by atoms with Gasteiger partial charge in [0, 0.05) is 12.6 Å². The maximum absolute atomic E-state index is 12.2. The molecule has 1 saturated heterocycles. The van der Waals surface area contributed by atoms with Gasteiger partial charge in [-0.3, -0.25) is 4.79 Å². The molecule has 3 rings (SSSR count). The fraction of sp³-hybridized carbons (Fsp3) is 0.636. The van der Waals surface area contributed by atoms with Gasteiger partial charge in [-0.1, -0.05) is 0 Å². The highest BCUT2D eigenvalue weighted by Gasteiger charge is 2.34. The van der Waals surface area contributed by atoms with Crippen molar-refractivity contribution >= 4 is 35.1 Å². The fourth-order valence-corrected chi connectivity index (χ4v) is 2.38. The molecule has 1 N–H and O–H groups in total. The van der Waals surface area contributed by atoms with E-state index < -0.39 is 6.04 Å². The van der Waals surface area contributed by atoms with Crippen LogP contribution in [-0.2, 0) is 9.53 Å². The van der Waals surface area contributed by atoms with Crippen molar-refractivity contribution in [2.24, 2.45) is 0 Å². The first-order valence-corrected chi connectivity index (χ1v) is 7.11. The van der Waals surface area contributed by atoms with Gasteiger partial charge in [0.05, 0.1) is 13.2 Å². The SMILES string of the molecule is O=C(NC1CC1)C1COCCN1c1nc(Cl)nc(Cl)n1. The van der Waals surface area contributed by atoms with E-state index in [-0.39, 0.29) is 22.5 Å². The van der Waals surface area contributed by atoms with Crippen LogP contribution in [0.1, 0.15) is 12.8 Å². The summed E-state index contributed by atoms with van der Waals surface area (Å²) in [5.41, 5.74) is 0. The summed E-state index contributed by atoms with van der Waals surface area (Å²) >= 11 is 11.6. The van der Waals surface area contributed by atoms with Crippen LogP contribution in [0.3, 0.4) is 0 Å². The minimum atomic E-state index is -0.473. The molecule has 1 unspecified atom stereocenters. The summed E-state index contributed by atoms with van der Waals surface area (Å²) in [4.78, 5) is 25.8. The van der Waals surface area contributed by atoms with Crippen molar-refractivity contribution in [3.63, 3.8) is 0 Å². The van der Waals surface area contributed by atoms with Crippen LogP contribution in [0.4, 0.5) is 5.95 Å². The zero-order chi connectivity index (χ0) is 14.1. The predicted molar refractivity (Wildman–Crippen MR) is 73.0 cm³/mol. The summed E-state index contributed by atoms with van der Waals surface area (Å²) < 4.78 is 5.38. The van der Waals surface area contributed by atoms with E-state index in [1.54, 1.807) is 4.90 Å². The van der Waals surface area contributed by atoms with E-state index in [0.29, 0.717) is 25.7 Å². The van der Waals surface area contributed by atoms with Crippen molar-refractivity contribution in [1.29, 1.82) is 0 Å². The molecule has 1 aliphatic heterocycles. The van der Waals surface area contributed by atoms with E-state index in [1.807, 2.05) is 0 Å². The maximum atomic E-state index is 12.2. The van der Waals surface area contributed by atoms with Gasteiger partial charge in [-0.05, 0) is 36.0 Å². The van der Waals surface area contributed by atoms with Crippen LogP contribution in [-0.4, -0.2) is 52.7 Å². The predicted octanol–water partition coefficient (Wildman–Crippen LogP) is 0.662. The highest BCUT2D eigenvalue weighted by atomic mass is 35.5. The van der Waals surface area contributed by atoms with Gasteiger partial charge in [-0.25, -0.2) is 0 Å². The first kappa shape index (κ1) is 13.8. The van der Waals surface area contributed by atoms with Crippen molar-refractivity contribution in [1.82, 2.24) is 20.3 Å². The largest absolute Gasteiger partial charge is 0.377 e. The number of anilines is 1. The molecular formula is C11H13Cl2N5O2. The Kier molecular flexibility index (Phi) is 3.91. The van der Waals surface area contributed by atoms with E-state index in [1.165, 1.54) is 0 Å². The van der Waals surface area contributed by atoms with Crippen molar-refractivity contribution < 1.29 is 9.53 Å². The normalized spacial score (nSPS) is 22.7. The van der Waals surface area contributed by atoms with E-state index in [2.05, 4.69) is 20.3 Å². The van der Waals surface area contributed by atoms with Crippen LogP contribution in [0.25, 0.3) is 0 Å². The Balaban J connectivity index is 1.81. The van der Waals surface area contributed by atoms with E-state index >= 15 is 0 Å². The van der Waals surface area contributed by atoms with Crippen LogP contribution in [0.15, 0.2) is 0 Å². The Labute approximate surface area is 125 Å². The number of nitrogens with one attached hydrogen (secondary N) is 1. The summed E-state index contributed by atoms with van der Waals surface area (Å²) in [6.07, 6.45) is 2.06. The maximum Gasteiger partial charge on any atom is 0.245 e. The molecule has 0 bridgehead atoms. The second-order valence-corrected chi connectivity index (χ2v) is 5.42. The number of nitrogens with zero attached hydrogens (tertiary/aromatic N) is 4.